The van der Waals surface area contributed by atoms with E-state index in [1.54, 1.807) is 0 Å². The van der Waals surface area contributed by atoms with Gasteiger partial charge < -0.3 is 27.8 Å². The van der Waals surface area contributed by atoms with Crippen LogP contribution in [0.4, 0.5) is 15.8 Å². The lowest BCUT2D eigenvalue weighted by atomic mass is 9.79. The van der Waals surface area contributed by atoms with Gasteiger partial charge in [0.05, 0.1) is 11.3 Å². The second-order valence-corrected chi connectivity index (χ2v) is 8.39. The van der Waals surface area contributed by atoms with Crippen molar-refractivity contribution in [2.75, 3.05) is 11.9 Å². The Kier molecular flexibility index (Phi) is 7.71. The number of hydrogen-bond donors (Lipinski definition) is 5. The van der Waals surface area contributed by atoms with Crippen molar-refractivity contribution in [3.63, 3.8) is 0 Å². The number of anilines is 1. The van der Waals surface area contributed by atoms with E-state index in [9.17, 15) is 9.18 Å². The topological polar surface area (TPSA) is 132 Å². The lowest BCUT2D eigenvalue weighted by Crippen LogP contribution is -2.53. The number of benzene rings is 2. The SMILES string of the molecule is NCC1(N/C=C(/C(N)=O)C(N)=Nc2ccc(F)cc2)CCC(Nc2cccc(Cl)c2)CC1. The lowest BCUT2D eigenvalue weighted by Gasteiger charge is -2.40. The van der Waals surface area contributed by atoms with Gasteiger partial charge in [-0.15, -0.1) is 0 Å². The number of aliphatic imine (C=N–C) groups is 1. The molecule has 2 aromatic rings. The van der Waals surface area contributed by atoms with E-state index in [0.717, 1.165) is 31.4 Å². The first-order valence-electron chi connectivity index (χ1n) is 10.4. The molecule has 1 fully saturated rings. The molecule has 1 amide bonds. The summed E-state index contributed by atoms with van der Waals surface area (Å²) in [4.78, 5) is 16.1. The number of nitrogens with one attached hydrogen (secondary N) is 2. The van der Waals surface area contributed by atoms with Gasteiger partial charge in [-0.1, -0.05) is 17.7 Å². The van der Waals surface area contributed by atoms with Crippen molar-refractivity contribution < 1.29 is 9.18 Å². The molecule has 1 saturated carbocycles. The standard InChI is InChI=1S/C23H28ClFN6O/c24-15-2-1-3-19(12-15)30-18-8-10-23(14-26,11-9-18)29-13-20(22(28)32)21(27)31-17-6-4-16(25)5-7-17/h1-7,12-13,18,29-30H,8-11,14,26H2,(H2,27,31)(H2,28,32)/b20-13+. The molecule has 0 aromatic heterocycles. The first kappa shape index (κ1) is 23.6. The Bertz CT molecular complexity index is 1000. The van der Waals surface area contributed by atoms with E-state index in [-0.39, 0.29) is 22.8 Å². The Balaban J connectivity index is 1.67. The Morgan fingerprint density at radius 3 is 2.47 bits per heavy atom. The Morgan fingerprint density at radius 2 is 1.88 bits per heavy atom. The van der Waals surface area contributed by atoms with Crippen LogP contribution in [-0.2, 0) is 4.79 Å². The number of halogens is 2. The summed E-state index contributed by atoms with van der Waals surface area (Å²) in [5.41, 5.74) is 18.7. The number of hydrogen-bond acceptors (Lipinski definition) is 5. The van der Waals surface area contributed by atoms with Crippen LogP contribution in [0.5, 0.6) is 0 Å². The Labute approximate surface area is 191 Å². The molecule has 0 atom stereocenters. The molecule has 3 rings (SSSR count). The van der Waals surface area contributed by atoms with Gasteiger partial charge in [-0.25, -0.2) is 9.38 Å². The quantitative estimate of drug-likeness (QED) is 0.235. The van der Waals surface area contributed by atoms with Crippen molar-refractivity contribution in [1.82, 2.24) is 5.32 Å². The highest BCUT2D eigenvalue weighted by atomic mass is 35.5. The van der Waals surface area contributed by atoms with E-state index in [0.29, 0.717) is 23.3 Å². The van der Waals surface area contributed by atoms with Crippen LogP contribution in [0.25, 0.3) is 0 Å². The van der Waals surface area contributed by atoms with Crippen molar-refractivity contribution in [1.29, 1.82) is 0 Å². The second kappa shape index (κ2) is 10.5. The highest BCUT2D eigenvalue weighted by molar-refractivity contribution is 6.30. The first-order chi connectivity index (χ1) is 15.3. The zero-order chi connectivity index (χ0) is 23.1. The Hall–Kier alpha value is -3.10. The number of nitrogens with zero attached hydrogens (tertiary/aromatic N) is 1. The minimum atomic E-state index is -0.718. The smallest absolute Gasteiger partial charge is 0.253 e. The van der Waals surface area contributed by atoms with Gasteiger partial charge in [0.2, 0.25) is 0 Å². The van der Waals surface area contributed by atoms with E-state index >= 15 is 0 Å². The molecular formula is C23H28ClFN6O. The van der Waals surface area contributed by atoms with Crippen LogP contribution in [-0.4, -0.2) is 29.9 Å². The molecule has 2 aromatic carbocycles. The fraction of sp³-hybridized carbons (Fsp3) is 0.304. The number of carbonyl (C=O) groups excluding carboxylic acids is 1. The molecule has 8 N–H and O–H groups in total. The zero-order valence-electron chi connectivity index (χ0n) is 17.7. The number of rotatable bonds is 8. The first-order valence-corrected chi connectivity index (χ1v) is 10.8. The molecule has 170 valence electrons. The third kappa shape index (κ3) is 6.21. The van der Waals surface area contributed by atoms with E-state index in [2.05, 4.69) is 15.6 Å². The molecule has 0 saturated heterocycles. The van der Waals surface area contributed by atoms with Gasteiger partial charge in [-0.05, 0) is 68.1 Å². The third-order valence-electron chi connectivity index (χ3n) is 5.67. The van der Waals surface area contributed by atoms with Crippen molar-refractivity contribution >= 4 is 34.7 Å². The lowest BCUT2D eigenvalue weighted by molar-refractivity contribution is -0.114. The second-order valence-electron chi connectivity index (χ2n) is 7.95. The normalized spacial score (nSPS) is 21.8. The van der Waals surface area contributed by atoms with Gasteiger partial charge >= 0.3 is 0 Å². The predicted molar refractivity (Wildman–Crippen MR) is 127 cm³/mol. The van der Waals surface area contributed by atoms with Gasteiger partial charge in [-0.3, -0.25) is 4.79 Å². The van der Waals surface area contributed by atoms with Crippen LogP contribution < -0.4 is 27.8 Å². The monoisotopic (exact) mass is 458 g/mol. The molecular weight excluding hydrogens is 431 g/mol. The van der Waals surface area contributed by atoms with Gasteiger partial charge in [0.15, 0.2) is 0 Å². The van der Waals surface area contributed by atoms with Crippen LogP contribution in [0.2, 0.25) is 5.02 Å². The molecule has 1 aliphatic rings. The number of primary amides is 1. The van der Waals surface area contributed by atoms with E-state index in [1.807, 2.05) is 24.3 Å². The van der Waals surface area contributed by atoms with Crippen LogP contribution in [0.15, 0.2) is 65.3 Å². The number of carbonyl (C=O) groups is 1. The summed E-state index contributed by atoms with van der Waals surface area (Å²) in [7, 11) is 0. The van der Waals surface area contributed by atoms with E-state index in [1.165, 1.54) is 30.5 Å². The van der Waals surface area contributed by atoms with Crippen LogP contribution in [0, 0.1) is 5.82 Å². The number of amidine groups is 1. The summed E-state index contributed by atoms with van der Waals surface area (Å²) >= 11 is 6.06. The maximum Gasteiger partial charge on any atom is 0.253 e. The summed E-state index contributed by atoms with van der Waals surface area (Å²) in [6, 6.07) is 13.4. The fourth-order valence-electron chi connectivity index (χ4n) is 3.75. The molecule has 0 unspecified atom stereocenters. The molecule has 9 heteroatoms. The molecule has 1 aliphatic carbocycles. The Morgan fingerprint density at radius 1 is 1.19 bits per heavy atom. The van der Waals surface area contributed by atoms with Gasteiger partial charge in [0.25, 0.3) is 5.91 Å². The summed E-state index contributed by atoms with van der Waals surface area (Å²) in [6.07, 6.45) is 4.84. The summed E-state index contributed by atoms with van der Waals surface area (Å²) in [5.74, 6) is -1.16. The highest BCUT2D eigenvalue weighted by Crippen LogP contribution is 2.30. The van der Waals surface area contributed by atoms with Crippen LogP contribution >= 0.6 is 11.6 Å². The summed E-state index contributed by atoms with van der Waals surface area (Å²) < 4.78 is 13.1. The fourth-order valence-corrected chi connectivity index (χ4v) is 3.94. The molecule has 0 spiro atoms. The minimum absolute atomic E-state index is 0.0429. The summed E-state index contributed by atoms with van der Waals surface area (Å²) in [6.45, 7) is 0.383. The maximum atomic E-state index is 13.1. The maximum absolute atomic E-state index is 13.1. The number of nitrogens with two attached hydrogens (primary N) is 3. The molecule has 0 heterocycles. The van der Waals surface area contributed by atoms with Crippen molar-refractivity contribution in [3.05, 3.63) is 71.1 Å². The van der Waals surface area contributed by atoms with Crippen LogP contribution in [0.1, 0.15) is 25.7 Å². The van der Waals surface area contributed by atoms with E-state index in [4.69, 9.17) is 28.8 Å². The van der Waals surface area contributed by atoms with Gasteiger partial charge in [0, 0.05) is 35.0 Å². The van der Waals surface area contributed by atoms with Crippen molar-refractivity contribution in [2.24, 2.45) is 22.2 Å². The van der Waals surface area contributed by atoms with Gasteiger partial charge in [-0.2, -0.15) is 0 Å². The number of amides is 1. The van der Waals surface area contributed by atoms with Crippen molar-refractivity contribution in [3.8, 4) is 0 Å². The molecule has 32 heavy (non-hydrogen) atoms. The molecule has 0 bridgehead atoms. The van der Waals surface area contributed by atoms with Crippen molar-refractivity contribution in [2.45, 2.75) is 37.3 Å². The van der Waals surface area contributed by atoms with E-state index < -0.39 is 5.91 Å². The largest absolute Gasteiger partial charge is 0.383 e. The molecule has 0 aliphatic heterocycles. The minimum Gasteiger partial charge on any atom is -0.383 e. The average Bonchev–Trinajstić information content (AvgIpc) is 2.76. The molecule has 7 nitrogen and oxygen atoms in total. The molecule has 0 radical (unpaired) electrons. The third-order valence-corrected chi connectivity index (χ3v) is 5.90. The summed E-state index contributed by atoms with van der Waals surface area (Å²) in [5, 5.41) is 7.47. The average molecular weight is 459 g/mol. The predicted octanol–water partition coefficient (Wildman–Crippen LogP) is 3.18. The van der Waals surface area contributed by atoms with Crippen LogP contribution in [0.3, 0.4) is 0 Å². The zero-order valence-corrected chi connectivity index (χ0v) is 18.4. The van der Waals surface area contributed by atoms with Gasteiger partial charge in [0.1, 0.15) is 11.7 Å². The highest BCUT2D eigenvalue weighted by Gasteiger charge is 2.33.